The minimum atomic E-state index is -0.490. The Morgan fingerprint density at radius 3 is 2.94 bits per heavy atom. The molecule has 0 saturated heterocycles. The normalized spacial score (nSPS) is 10.4. The van der Waals surface area contributed by atoms with E-state index in [-0.39, 0.29) is 5.02 Å². The zero-order valence-corrected chi connectivity index (χ0v) is 10.6. The molecule has 1 aromatic carbocycles. The highest BCUT2D eigenvalue weighted by Gasteiger charge is 2.06. The second kappa shape index (κ2) is 5.23. The summed E-state index contributed by atoms with van der Waals surface area (Å²) < 4.78 is 13.3. The Morgan fingerprint density at radius 2 is 2.22 bits per heavy atom. The topological polar surface area (TPSA) is 50.9 Å². The number of pyridine rings is 1. The number of nitrogens with one attached hydrogen (secondary N) is 1. The molecular formula is C13H13ClFN3. The van der Waals surface area contributed by atoms with E-state index in [2.05, 4.69) is 10.3 Å². The van der Waals surface area contributed by atoms with E-state index in [0.29, 0.717) is 17.9 Å². The highest BCUT2D eigenvalue weighted by Crippen LogP contribution is 2.26. The molecule has 0 fully saturated rings. The molecule has 0 spiro atoms. The molecule has 3 N–H and O–H groups in total. The number of aromatic nitrogens is 1. The van der Waals surface area contributed by atoms with Crippen LogP contribution in [0.4, 0.5) is 15.8 Å². The van der Waals surface area contributed by atoms with Gasteiger partial charge in [-0.3, -0.25) is 4.98 Å². The summed E-state index contributed by atoms with van der Waals surface area (Å²) in [4.78, 5) is 4.05. The number of nitrogen functional groups attached to an aromatic ring is 1. The fraction of sp³-hybridized carbons (Fsp3) is 0.154. The van der Waals surface area contributed by atoms with Crippen LogP contribution in [0.1, 0.15) is 11.1 Å². The fourth-order valence-corrected chi connectivity index (χ4v) is 1.76. The van der Waals surface area contributed by atoms with E-state index >= 15 is 0 Å². The first-order valence-corrected chi connectivity index (χ1v) is 5.83. The minimum absolute atomic E-state index is 0.0237. The Bertz CT molecular complexity index is 572. The van der Waals surface area contributed by atoms with E-state index in [0.717, 1.165) is 11.1 Å². The molecule has 0 saturated carbocycles. The number of rotatable bonds is 3. The van der Waals surface area contributed by atoms with Gasteiger partial charge in [0.2, 0.25) is 0 Å². The van der Waals surface area contributed by atoms with Gasteiger partial charge < -0.3 is 11.1 Å². The summed E-state index contributed by atoms with van der Waals surface area (Å²) in [6.07, 6.45) is 3.50. The zero-order chi connectivity index (χ0) is 13.1. The van der Waals surface area contributed by atoms with Gasteiger partial charge in [0.05, 0.1) is 16.4 Å². The van der Waals surface area contributed by atoms with Crippen molar-refractivity contribution in [1.82, 2.24) is 4.98 Å². The Balaban J connectivity index is 2.16. The first-order valence-electron chi connectivity index (χ1n) is 5.46. The number of nitrogens with zero attached hydrogens (tertiary/aromatic N) is 1. The van der Waals surface area contributed by atoms with Gasteiger partial charge in [-0.25, -0.2) is 4.39 Å². The van der Waals surface area contributed by atoms with Crippen molar-refractivity contribution in [3.05, 3.63) is 52.6 Å². The van der Waals surface area contributed by atoms with Crippen LogP contribution in [-0.2, 0) is 6.54 Å². The third-order valence-electron chi connectivity index (χ3n) is 2.71. The van der Waals surface area contributed by atoms with Crippen molar-refractivity contribution in [1.29, 1.82) is 0 Å². The summed E-state index contributed by atoms with van der Waals surface area (Å²) in [6.45, 7) is 2.52. The van der Waals surface area contributed by atoms with Crippen LogP contribution in [0.3, 0.4) is 0 Å². The molecular weight excluding hydrogens is 253 g/mol. The van der Waals surface area contributed by atoms with Crippen LogP contribution in [0.5, 0.6) is 0 Å². The van der Waals surface area contributed by atoms with E-state index in [1.165, 1.54) is 12.1 Å². The summed E-state index contributed by atoms with van der Waals surface area (Å²) in [5.41, 5.74) is 8.86. The smallest absolute Gasteiger partial charge is 0.143 e. The zero-order valence-electron chi connectivity index (χ0n) is 9.87. The number of aryl methyl sites for hydroxylation is 1. The molecule has 0 aliphatic carbocycles. The summed E-state index contributed by atoms with van der Waals surface area (Å²) >= 11 is 5.64. The molecule has 2 aromatic rings. The molecule has 0 amide bonds. The highest BCUT2D eigenvalue weighted by atomic mass is 35.5. The molecule has 1 aromatic heterocycles. The molecule has 18 heavy (non-hydrogen) atoms. The second-order valence-electron chi connectivity index (χ2n) is 4.01. The molecule has 3 nitrogen and oxygen atoms in total. The van der Waals surface area contributed by atoms with Crippen LogP contribution < -0.4 is 11.1 Å². The summed E-state index contributed by atoms with van der Waals surface area (Å²) in [7, 11) is 0. The third-order valence-corrected chi connectivity index (χ3v) is 3.00. The molecule has 5 heteroatoms. The van der Waals surface area contributed by atoms with Crippen molar-refractivity contribution in [3.8, 4) is 0 Å². The number of hydrogen-bond donors (Lipinski definition) is 2. The van der Waals surface area contributed by atoms with Gasteiger partial charge in [0.25, 0.3) is 0 Å². The van der Waals surface area contributed by atoms with Crippen molar-refractivity contribution in [2.45, 2.75) is 13.5 Å². The van der Waals surface area contributed by atoms with Gasteiger partial charge in [0.1, 0.15) is 5.82 Å². The molecule has 1 heterocycles. The average Bonchev–Trinajstić information content (AvgIpc) is 2.34. The van der Waals surface area contributed by atoms with Gasteiger partial charge in [-0.05, 0) is 30.2 Å². The van der Waals surface area contributed by atoms with E-state index in [9.17, 15) is 4.39 Å². The number of nitrogens with two attached hydrogens (primary N) is 1. The van der Waals surface area contributed by atoms with E-state index in [1.54, 1.807) is 12.4 Å². The quantitative estimate of drug-likeness (QED) is 0.837. The van der Waals surface area contributed by atoms with Crippen LogP contribution in [0, 0.1) is 12.7 Å². The lowest BCUT2D eigenvalue weighted by atomic mass is 10.1. The Hall–Kier alpha value is -1.81. The van der Waals surface area contributed by atoms with Gasteiger partial charge in [0, 0.05) is 25.0 Å². The van der Waals surface area contributed by atoms with Crippen LogP contribution in [-0.4, -0.2) is 4.98 Å². The van der Waals surface area contributed by atoms with E-state index in [4.69, 9.17) is 17.3 Å². The number of hydrogen-bond acceptors (Lipinski definition) is 3. The first-order chi connectivity index (χ1) is 8.58. The number of anilines is 2. The molecule has 0 atom stereocenters. The molecule has 0 aliphatic rings. The molecule has 0 aliphatic heterocycles. The molecule has 0 bridgehead atoms. The lowest BCUT2D eigenvalue weighted by Crippen LogP contribution is -2.04. The Morgan fingerprint density at radius 1 is 1.44 bits per heavy atom. The van der Waals surface area contributed by atoms with Crippen molar-refractivity contribution in [2.75, 3.05) is 11.1 Å². The van der Waals surface area contributed by atoms with E-state index in [1.807, 2.05) is 13.0 Å². The SMILES string of the molecule is Cc1ccncc1CNc1cc(F)c(Cl)cc1N. The van der Waals surface area contributed by atoms with E-state index < -0.39 is 5.82 Å². The van der Waals surface area contributed by atoms with Crippen molar-refractivity contribution >= 4 is 23.0 Å². The van der Waals surface area contributed by atoms with Crippen LogP contribution >= 0.6 is 11.6 Å². The Labute approximate surface area is 110 Å². The number of halogens is 2. The monoisotopic (exact) mass is 265 g/mol. The standard InChI is InChI=1S/C13H13ClFN3/c1-8-2-3-17-6-9(8)7-18-13-5-11(15)10(14)4-12(13)16/h2-6,18H,7,16H2,1H3. The molecule has 94 valence electrons. The van der Waals surface area contributed by atoms with Crippen LogP contribution in [0.2, 0.25) is 5.02 Å². The summed E-state index contributed by atoms with van der Waals surface area (Å²) in [5, 5.41) is 3.10. The lowest BCUT2D eigenvalue weighted by Gasteiger charge is -2.11. The minimum Gasteiger partial charge on any atom is -0.397 e. The molecule has 0 radical (unpaired) electrons. The lowest BCUT2D eigenvalue weighted by molar-refractivity contribution is 0.629. The summed E-state index contributed by atoms with van der Waals surface area (Å²) in [5.74, 6) is -0.490. The molecule has 0 unspecified atom stereocenters. The van der Waals surface area contributed by atoms with Gasteiger partial charge in [0.15, 0.2) is 0 Å². The van der Waals surface area contributed by atoms with Gasteiger partial charge in [-0.2, -0.15) is 0 Å². The average molecular weight is 266 g/mol. The maximum atomic E-state index is 13.3. The second-order valence-corrected chi connectivity index (χ2v) is 4.42. The maximum Gasteiger partial charge on any atom is 0.143 e. The van der Waals surface area contributed by atoms with Gasteiger partial charge in [-0.1, -0.05) is 11.6 Å². The van der Waals surface area contributed by atoms with Crippen molar-refractivity contribution in [3.63, 3.8) is 0 Å². The van der Waals surface area contributed by atoms with Crippen LogP contribution in [0.15, 0.2) is 30.6 Å². The summed E-state index contributed by atoms with van der Waals surface area (Å²) in [6, 6.07) is 4.61. The Kier molecular flexibility index (Phi) is 3.67. The third kappa shape index (κ3) is 2.71. The highest BCUT2D eigenvalue weighted by molar-refractivity contribution is 6.31. The molecule has 2 rings (SSSR count). The fourth-order valence-electron chi connectivity index (χ4n) is 1.59. The number of benzene rings is 1. The largest absolute Gasteiger partial charge is 0.397 e. The van der Waals surface area contributed by atoms with Crippen LogP contribution in [0.25, 0.3) is 0 Å². The predicted molar refractivity (Wildman–Crippen MR) is 72.1 cm³/mol. The van der Waals surface area contributed by atoms with Gasteiger partial charge >= 0.3 is 0 Å². The first kappa shape index (κ1) is 12.6. The predicted octanol–water partition coefficient (Wildman–Crippen LogP) is 3.38. The maximum absolute atomic E-state index is 13.3. The van der Waals surface area contributed by atoms with Crippen molar-refractivity contribution < 1.29 is 4.39 Å². The van der Waals surface area contributed by atoms with Gasteiger partial charge in [-0.15, -0.1) is 0 Å². The van der Waals surface area contributed by atoms with Crippen molar-refractivity contribution in [2.24, 2.45) is 0 Å².